The highest BCUT2D eigenvalue weighted by molar-refractivity contribution is 14.1. The molecule has 17 heavy (non-hydrogen) atoms. The summed E-state index contributed by atoms with van der Waals surface area (Å²) in [5, 5.41) is 0. The number of rotatable bonds is 1. The topological polar surface area (TPSA) is 9.23 Å². The van der Waals surface area contributed by atoms with Crippen molar-refractivity contribution >= 4 is 22.6 Å². The Hall–Kier alpha value is -1.03. The maximum absolute atomic E-state index is 6.12. The van der Waals surface area contributed by atoms with Gasteiger partial charge in [-0.2, -0.15) is 0 Å². The third-order valence-corrected chi connectivity index (χ3v) is 4.19. The number of fused-ring (bicyclic) bond motifs is 1. The summed E-state index contributed by atoms with van der Waals surface area (Å²) >= 11 is 2.49. The minimum atomic E-state index is 0.173. The van der Waals surface area contributed by atoms with Crippen molar-refractivity contribution in [3.63, 3.8) is 0 Å². The van der Waals surface area contributed by atoms with Gasteiger partial charge in [-0.25, -0.2) is 0 Å². The van der Waals surface area contributed by atoms with E-state index in [0.717, 1.165) is 12.2 Å². The highest BCUT2D eigenvalue weighted by Crippen LogP contribution is 2.38. The van der Waals surface area contributed by atoms with Crippen LogP contribution < -0.4 is 4.74 Å². The minimum Gasteiger partial charge on any atom is -0.484 e. The first-order valence-corrected chi connectivity index (χ1v) is 7.03. The van der Waals surface area contributed by atoms with E-state index in [2.05, 4.69) is 65.1 Å². The summed E-state index contributed by atoms with van der Waals surface area (Å²) in [6, 6.07) is 18.8. The van der Waals surface area contributed by atoms with E-state index in [1.165, 1.54) is 11.1 Å². The van der Waals surface area contributed by atoms with Crippen LogP contribution in [0.5, 0.6) is 5.75 Å². The molecule has 0 fully saturated rings. The largest absolute Gasteiger partial charge is 0.484 e. The van der Waals surface area contributed by atoms with E-state index in [0.29, 0.717) is 3.92 Å². The van der Waals surface area contributed by atoms with Crippen molar-refractivity contribution in [3.8, 4) is 5.75 Å². The molecule has 0 radical (unpaired) electrons. The van der Waals surface area contributed by atoms with Crippen molar-refractivity contribution < 1.29 is 4.74 Å². The van der Waals surface area contributed by atoms with Gasteiger partial charge in [0.15, 0.2) is 0 Å². The number of benzene rings is 2. The predicted molar refractivity (Wildman–Crippen MR) is 77.8 cm³/mol. The zero-order valence-corrected chi connectivity index (χ0v) is 11.5. The lowest BCUT2D eigenvalue weighted by molar-refractivity contribution is 0.188. The van der Waals surface area contributed by atoms with Gasteiger partial charge in [0.2, 0.25) is 0 Å². The van der Waals surface area contributed by atoms with E-state index in [-0.39, 0.29) is 6.10 Å². The zero-order chi connectivity index (χ0) is 11.7. The highest BCUT2D eigenvalue weighted by atomic mass is 127. The quantitative estimate of drug-likeness (QED) is 0.561. The fourth-order valence-electron chi connectivity index (χ4n) is 2.23. The minimum absolute atomic E-state index is 0.173. The molecule has 0 N–H and O–H groups in total. The first-order chi connectivity index (χ1) is 8.34. The number of ether oxygens (including phenoxy) is 1. The molecule has 0 saturated carbocycles. The molecule has 0 aromatic heterocycles. The van der Waals surface area contributed by atoms with E-state index in [9.17, 15) is 0 Å². The Morgan fingerprint density at radius 1 is 0.941 bits per heavy atom. The molecular weight excluding hydrogens is 323 g/mol. The van der Waals surface area contributed by atoms with Gasteiger partial charge in [0.25, 0.3) is 0 Å². The first kappa shape index (κ1) is 11.1. The first-order valence-electron chi connectivity index (χ1n) is 5.78. The van der Waals surface area contributed by atoms with Crippen LogP contribution in [0.3, 0.4) is 0 Å². The summed E-state index contributed by atoms with van der Waals surface area (Å²) in [6.45, 7) is 0. The molecule has 1 nitrogen and oxygen atoms in total. The Labute approximate surface area is 115 Å². The van der Waals surface area contributed by atoms with Crippen LogP contribution in [0.15, 0.2) is 54.6 Å². The molecular formula is C15H13IO. The SMILES string of the molecule is IC1Cc2ccccc2OC1c1ccccc1. The molecule has 1 aliphatic rings. The lowest BCUT2D eigenvalue weighted by Gasteiger charge is -2.30. The average Bonchev–Trinajstić information content (AvgIpc) is 2.39. The van der Waals surface area contributed by atoms with Gasteiger partial charge in [-0.3, -0.25) is 0 Å². The monoisotopic (exact) mass is 336 g/mol. The van der Waals surface area contributed by atoms with Crippen molar-refractivity contribution in [1.82, 2.24) is 0 Å². The Bertz CT molecular complexity index is 509. The van der Waals surface area contributed by atoms with Gasteiger partial charge < -0.3 is 4.74 Å². The Morgan fingerprint density at radius 3 is 2.47 bits per heavy atom. The molecule has 2 heteroatoms. The molecule has 0 saturated heterocycles. The number of hydrogen-bond acceptors (Lipinski definition) is 1. The van der Waals surface area contributed by atoms with Crippen molar-refractivity contribution in [2.45, 2.75) is 16.4 Å². The van der Waals surface area contributed by atoms with Crippen molar-refractivity contribution in [2.75, 3.05) is 0 Å². The second kappa shape index (κ2) is 4.69. The smallest absolute Gasteiger partial charge is 0.136 e. The van der Waals surface area contributed by atoms with Gasteiger partial charge in [0.1, 0.15) is 11.9 Å². The molecule has 3 rings (SSSR count). The highest BCUT2D eigenvalue weighted by Gasteiger charge is 2.28. The van der Waals surface area contributed by atoms with Gasteiger partial charge in [0, 0.05) is 0 Å². The third kappa shape index (κ3) is 2.18. The molecule has 1 heterocycles. The zero-order valence-electron chi connectivity index (χ0n) is 9.34. The van der Waals surface area contributed by atoms with Crippen LogP contribution in [-0.2, 0) is 6.42 Å². The summed E-state index contributed by atoms with van der Waals surface area (Å²) in [7, 11) is 0. The summed E-state index contributed by atoms with van der Waals surface area (Å²) < 4.78 is 6.61. The Balaban J connectivity index is 1.95. The molecule has 0 amide bonds. The predicted octanol–water partition coefficient (Wildman–Crippen LogP) is 4.17. The van der Waals surface area contributed by atoms with Gasteiger partial charge >= 0.3 is 0 Å². The number of para-hydroxylation sites is 1. The molecule has 2 aromatic carbocycles. The number of alkyl halides is 1. The van der Waals surface area contributed by atoms with Crippen LogP contribution >= 0.6 is 22.6 Å². The normalized spacial score (nSPS) is 22.6. The lowest BCUT2D eigenvalue weighted by Crippen LogP contribution is -2.25. The second-order valence-corrected chi connectivity index (χ2v) is 5.88. The van der Waals surface area contributed by atoms with Crippen molar-refractivity contribution in [3.05, 3.63) is 65.7 Å². The van der Waals surface area contributed by atoms with E-state index < -0.39 is 0 Å². The Morgan fingerprint density at radius 2 is 1.65 bits per heavy atom. The van der Waals surface area contributed by atoms with Gasteiger partial charge in [-0.1, -0.05) is 71.1 Å². The van der Waals surface area contributed by atoms with Gasteiger partial charge in [-0.05, 0) is 23.6 Å². The van der Waals surface area contributed by atoms with E-state index in [1.807, 2.05) is 12.1 Å². The molecule has 0 bridgehead atoms. The van der Waals surface area contributed by atoms with Crippen LogP contribution in [0.25, 0.3) is 0 Å². The number of halogens is 1. The van der Waals surface area contributed by atoms with Gasteiger partial charge in [-0.15, -0.1) is 0 Å². The van der Waals surface area contributed by atoms with Crippen LogP contribution in [0, 0.1) is 0 Å². The molecule has 0 spiro atoms. The molecule has 2 unspecified atom stereocenters. The maximum atomic E-state index is 6.12. The maximum Gasteiger partial charge on any atom is 0.136 e. The summed E-state index contributed by atoms with van der Waals surface area (Å²) in [5.74, 6) is 1.04. The Kier molecular flexibility index (Phi) is 3.05. The van der Waals surface area contributed by atoms with Crippen LogP contribution in [0.1, 0.15) is 17.2 Å². The summed E-state index contributed by atoms with van der Waals surface area (Å²) in [6.07, 6.45) is 1.25. The summed E-state index contributed by atoms with van der Waals surface area (Å²) in [5.41, 5.74) is 2.58. The molecule has 2 aromatic rings. The molecule has 0 aliphatic carbocycles. The molecule has 86 valence electrons. The number of hydrogen-bond donors (Lipinski definition) is 0. The third-order valence-electron chi connectivity index (χ3n) is 3.10. The van der Waals surface area contributed by atoms with Crippen LogP contribution in [0.4, 0.5) is 0 Å². The average molecular weight is 336 g/mol. The van der Waals surface area contributed by atoms with Gasteiger partial charge in [0.05, 0.1) is 3.92 Å². The van der Waals surface area contributed by atoms with Crippen molar-refractivity contribution in [1.29, 1.82) is 0 Å². The second-order valence-electron chi connectivity index (χ2n) is 4.28. The fraction of sp³-hybridized carbons (Fsp3) is 0.200. The van der Waals surface area contributed by atoms with Crippen LogP contribution in [-0.4, -0.2) is 3.92 Å². The standard InChI is InChI=1S/C15H13IO/c16-13-10-12-8-4-5-9-14(12)17-15(13)11-6-2-1-3-7-11/h1-9,13,15H,10H2. The van der Waals surface area contributed by atoms with Crippen molar-refractivity contribution in [2.24, 2.45) is 0 Å². The van der Waals surface area contributed by atoms with E-state index in [1.54, 1.807) is 0 Å². The van der Waals surface area contributed by atoms with E-state index >= 15 is 0 Å². The summed E-state index contributed by atoms with van der Waals surface area (Å²) in [4.78, 5) is 0. The lowest BCUT2D eigenvalue weighted by atomic mass is 9.97. The molecule has 2 atom stereocenters. The van der Waals surface area contributed by atoms with Crippen LogP contribution in [0.2, 0.25) is 0 Å². The molecule has 1 aliphatic heterocycles. The van der Waals surface area contributed by atoms with E-state index in [4.69, 9.17) is 4.74 Å². The fourth-order valence-corrected chi connectivity index (χ4v) is 3.27.